The smallest absolute Gasteiger partial charge is 0.371 e. The van der Waals surface area contributed by atoms with E-state index in [1.54, 1.807) is 18.2 Å². The molecule has 2 atom stereocenters. The molecule has 1 unspecified atom stereocenters. The minimum absolute atomic E-state index is 0.0358. The molecule has 0 saturated carbocycles. The van der Waals surface area contributed by atoms with Crippen LogP contribution >= 0.6 is 19.4 Å². The van der Waals surface area contributed by atoms with Crippen molar-refractivity contribution in [3.05, 3.63) is 34.3 Å². The Morgan fingerprint density at radius 1 is 0.917 bits per heavy atom. The number of ether oxygens (including phenoxy) is 1. The van der Waals surface area contributed by atoms with Gasteiger partial charge in [0.05, 0.1) is 31.0 Å². The maximum absolute atomic E-state index is 11.7. The van der Waals surface area contributed by atoms with Crippen LogP contribution in [0, 0.1) is 11.3 Å². The Morgan fingerprint density at radius 3 is 1.94 bits per heavy atom. The van der Waals surface area contributed by atoms with E-state index in [1.807, 2.05) is 0 Å². The maximum atomic E-state index is 11.7. The van der Waals surface area contributed by atoms with Gasteiger partial charge in [-0.15, -0.1) is 0 Å². The molecule has 0 radical (unpaired) electrons. The lowest BCUT2D eigenvalue weighted by Gasteiger charge is -2.19. The molecule has 0 heterocycles. The van der Waals surface area contributed by atoms with Gasteiger partial charge in [0.15, 0.2) is 0 Å². The Morgan fingerprint density at radius 2 is 1.44 bits per heavy atom. The van der Waals surface area contributed by atoms with E-state index in [1.165, 1.54) is 83.5 Å². The third-order valence-electron chi connectivity index (χ3n) is 6.36. The van der Waals surface area contributed by atoms with Gasteiger partial charge in [-0.3, -0.25) is 9.05 Å². The zero-order valence-electron chi connectivity index (χ0n) is 22.4. The Bertz CT molecular complexity index is 786. The van der Waals surface area contributed by atoms with Crippen molar-refractivity contribution in [2.75, 3.05) is 13.7 Å². The number of phosphoric acid groups is 1. The molecule has 1 aromatic rings. The SMILES string of the molecule is CCCCCCCCCCCCCCCCC[C@H](COP(=O)(O)OC)OCc1cc(Cl)cc(C#N)c1. The van der Waals surface area contributed by atoms with E-state index in [9.17, 15) is 9.46 Å². The Labute approximate surface area is 224 Å². The number of halogens is 1. The van der Waals surface area contributed by atoms with Gasteiger partial charge in [-0.25, -0.2) is 4.57 Å². The van der Waals surface area contributed by atoms with E-state index < -0.39 is 7.82 Å². The molecule has 36 heavy (non-hydrogen) atoms. The van der Waals surface area contributed by atoms with Crippen LogP contribution in [0.3, 0.4) is 0 Å². The highest BCUT2D eigenvalue weighted by Gasteiger charge is 2.22. The first-order valence-electron chi connectivity index (χ1n) is 13.7. The Kier molecular flexibility index (Phi) is 19.4. The molecule has 6 nitrogen and oxygen atoms in total. The lowest BCUT2D eigenvalue weighted by Crippen LogP contribution is -2.19. The highest BCUT2D eigenvalue weighted by Crippen LogP contribution is 2.42. The normalized spacial score (nSPS) is 13.9. The zero-order chi connectivity index (χ0) is 26.5. The minimum Gasteiger partial charge on any atom is -0.371 e. The molecule has 1 N–H and O–H groups in total. The van der Waals surface area contributed by atoms with Crippen molar-refractivity contribution in [1.82, 2.24) is 0 Å². The van der Waals surface area contributed by atoms with Crippen molar-refractivity contribution < 1.29 is 23.2 Å². The van der Waals surface area contributed by atoms with Crippen LogP contribution in [-0.4, -0.2) is 24.7 Å². The lowest BCUT2D eigenvalue weighted by molar-refractivity contribution is -0.00509. The molecule has 0 aliphatic carbocycles. The first kappa shape index (κ1) is 33.1. The lowest BCUT2D eigenvalue weighted by atomic mass is 10.0. The van der Waals surface area contributed by atoms with Crippen LogP contribution in [0.25, 0.3) is 0 Å². The second-order valence-electron chi connectivity index (χ2n) is 9.58. The predicted octanol–water partition coefficient (Wildman–Crippen LogP) is 9.12. The van der Waals surface area contributed by atoms with Crippen LogP contribution in [-0.2, 0) is 25.0 Å². The van der Waals surface area contributed by atoms with Crippen molar-refractivity contribution >= 4 is 19.4 Å². The topological polar surface area (TPSA) is 88.8 Å². The highest BCUT2D eigenvalue weighted by molar-refractivity contribution is 7.47. The number of hydrogen-bond donors (Lipinski definition) is 1. The molecule has 206 valence electrons. The van der Waals surface area contributed by atoms with E-state index in [0.717, 1.165) is 25.5 Å². The summed E-state index contributed by atoms with van der Waals surface area (Å²) in [4.78, 5) is 9.57. The number of hydrogen-bond acceptors (Lipinski definition) is 5. The van der Waals surface area contributed by atoms with Gasteiger partial charge < -0.3 is 9.63 Å². The van der Waals surface area contributed by atoms with Gasteiger partial charge >= 0.3 is 7.82 Å². The van der Waals surface area contributed by atoms with Gasteiger partial charge in [0.25, 0.3) is 0 Å². The standard InChI is InChI=1S/C28H47ClNO5P/c1-3-4-5-6-7-8-9-10-11-12-13-14-15-16-17-18-28(24-35-36(31,32)33-2)34-23-26-19-25(22-30)20-27(29)21-26/h19-21,28H,3-18,23-24H2,1-2H3,(H,31,32)/t28-/m1/s1. The number of nitrogens with zero attached hydrogens (tertiary/aromatic N) is 1. The fourth-order valence-electron chi connectivity index (χ4n) is 4.20. The fourth-order valence-corrected chi connectivity index (χ4v) is 4.92. The summed E-state index contributed by atoms with van der Waals surface area (Å²) < 4.78 is 27.2. The Hall–Kier alpha value is -0.930. The summed E-state index contributed by atoms with van der Waals surface area (Å²) in [6, 6.07) is 7.16. The minimum atomic E-state index is -4.06. The summed E-state index contributed by atoms with van der Waals surface area (Å²) >= 11 is 6.07. The molecule has 0 aliphatic heterocycles. The van der Waals surface area contributed by atoms with Gasteiger partial charge in [-0.05, 0) is 30.2 Å². The first-order valence-corrected chi connectivity index (χ1v) is 15.6. The summed E-state index contributed by atoms with van der Waals surface area (Å²) in [6.07, 6.45) is 19.8. The molecule has 0 fully saturated rings. The van der Waals surface area contributed by atoms with E-state index in [4.69, 9.17) is 26.1 Å². The van der Waals surface area contributed by atoms with Crippen molar-refractivity contribution in [1.29, 1.82) is 5.26 Å². The third-order valence-corrected chi connectivity index (χ3v) is 7.51. The molecule has 0 saturated heterocycles. The third kappa shape index (κ3) is 17.5. The largest absolute Gasteiger partial charge is 0.472 e. The van der Waals surface area contributed by atoms with Crippen LogP contribution in [0.15, 0.2) is 18.2 Å². The van der Waals surface area contributed by atoms with E-state index in [0.29, 0.717) is 17.0 Å². The Balaban J connectivity index is 2.22. The summed E-state index contributed by atoms with van der Waals surface area (Å²) in [5.41, 5.74) is 1.25. The van der Waals surface area contributed by atoms with Crippen LogP contribution in [0.1, 0.15) is 121 Å². The number of nitriles is 1. The number of benzene rings is 1. The van der Waals surface area contributed by atoms with Crippen LogP contribution in [0.4, 0.5) is 0 Å². The maximum Gasteiger partial charge on any atom is 0.472 e. The van der Waals surface area contributed by atoms with Crippen molar-refractivity contribution in [2.45, 2.75) is 122 Å². The highest BCUT2D eigenvalue weighted by atomic mass is 35.5. The molecule has 0 amide bonds. The monoisotopic (exact) mass is 543 g/mol. The van der Waals surface area contributed by atoms with Gasteiger partial charge in [0, 0.05) is 12.1 Å². The summed E-state index contributed by atoms with van der Waals surface area (Å²) in [6.45, 7) is 2.47. The number of rotatable bonds is 23. The summed E-state index contributed by atoms with van der Waals surface area (Å²) in [5.74, 6) is 0. The quantitative estimate of drug-likeness (QED) is 0.109. The molecule has 0 spiro atoms. The average molecular weight is 544 g/mol. The van der Waals surface area contributed by atoms with E-state index in [-0.39, 0.29) is 19.3 Å². The van der Waals surface area contributed by atoms with Gasteiger partial charge in [0.2, 0.25) is 0 Å². The van der Waals surface area contributed by atoms with Crippen molar-refractivity contribution in [3.8, 4) is 6.07 Å². The number of unbranched alkanes of at least 4 members (excludes halogenated alkanes) is 14. The molecule has 0 bridgehead atoms. The van der Waals surface area contributed by atoms with Gasteiger partial charge in [-0.1, -0.05) is 115 Å². The molecule has 0 aromatic heterocycles. The second-order valence-corrected chi connectivity index (χ2v) is 11.6. The predicted molar refractivity (Wildman–Crippen MR) is 147 cm³/mol. The van der Waals surface area contributed by atoms with Crippen molar-refractivity contribution in [2.24, 2.45) is 0 Å². The second kappa shape index (κ2) is 21.1. The molecule has 1 rings (SSSR count). The average Bonchev–Trinajstić information content (AvgIpc) is 2.87. The molecule has 1 aromatic carbocycles. The van der Waals surface area contributed by atoms with Crippen molar-refractivity contribution in [3.63, 3.8) is 0 Å². The molecule has 0 aliphatic rings. The molecular weight excluding hydrogens is 497 g/mol. The zero-order valence-corrected chi connectivity index (χ0v) is 24.0. The molecular formula is C28H47ClNO5P. The summed E-state index contributed by atoms with van der Waals surface area (Å²) in [7, 11) is -2.92. The number of phosphoric ester groups is 1. The van der Waals surface area contributed by atoms with Crippen LogP contribution < -0.4 is 0 Å². The van der Waals surface area contributed by atoms with Crippen LogP contribution in [0.2, 0.25) is 5.02 Å². The van der Waals surface area contributed by atoms with Crippen LogP contribution in [0.5, 0.6) is 0 Å². The van der Waals surface area contributed by atoms with Gasteiger partial charge in [-0.2, -0.15) is 5.26 Å². The van der Waals surface area contributed by atoms with E-state index in [2.05, 4.69) is 17.5 Å². The van der Waals surface area contributed by atoms with Gasteiger partial charge in [0.1, 0.15) is 0 Å². The first-order chi connectivity index (χ1) is 17.4. The molecule has 8 heteroatoms. The fraction of sp³-hybridized carbons (Fsp3) is 0.750. The summed E-state index contributed by atoms with van der Waals surface area (Å²) in [5, 5.41) is 9.60. The van der Waals surface area contributed by atoms with E-state index >= 15 is 0 Å².